The van der Waals surface area contributed by atoms with Gasteiger partial charge < -0.3 is 10.6 Å². The van der Waals surface area contributed by atoms with Crippen LogP contribution in [0.2, 0.25) is 0 Å². The molecule has 1 atom stereocenters. The molecule has 6 heteroatoms. The molecule has 1 aliphatic rings. The lowest BCUT2D eigenvalue weighted by atomic mass is 9.79. The summed E-state index contributed by atoms with van der Waals surface area (Å²) < 4.78 is 26.7. The first-order chi connectivity index (χ1) is 9.81. The molecule has 2 N–H and O–H groups in total. The molecule has 1 heterocycles. The van der Waals surface area contributed by atoms with Crippen LogP contribution in [-0.4, -0.2) is 29.9 Å². The lowest BCUT2D eigenvalue weighted by Crippen LogP contribution is -2.54. The minimum atomic E-state index is -0.870. The summed E-state index contributed by atoms with van der Waals surface area (Å²) in [6.45, 7) is 5.33. The molecule has 1 aliphatic heterocycles. The monoisotopic (exact) mass is 332 g/mol. The van der Waals surface area contributed by atoms with Gasteiger partial charge in [-0.3, -0.25) is 4.79 Å². The Morgan fingerprint density at radius 2 is 2.09 bits per heavy atom. The molecule has 1 unspecified atom stereocenters. The fourth-order valence-corrected chi connectivity index (χ4v) is 2.73. The van der Waals surface area contributed by atoms with E-state index in [9.17, 15) is 13.6 Å². The number of carbonyl (C=O) groups is 1. The zero-order valence-electron chi connectivity index (χ0n) is 12.9. The molecule has 2 rings (SSSR count). The number of amides is 1. The number of nitrogens with zero attached hydrogens (tertiary/aromatic N) is 1. The van der Waals surface area contributed by atoms with Gasteiger partial charge in [-0.05, 0) is 29.9 Å². The van der Waals surface area contributed by atoms with Crippen molar-refractivity contribution in [3.8, 4) is 0 Å². The second-order valence-corrected chi connectivity index (χ2v) is 6.41. The second kappa shape index (κ2) is 7.38. The molecule has 1 amide bonds. The Kier molecular flexibility index (Phi) is 6.32. The second-order valence-electron chi connectivity index (χ2n) is 6.41. The summed E-state index contributed by atoms with van der Waals surface area (Å²) in [7, 11) is 0. The predicted octanol–water partition coefficient (Wildman–Crippen LogP) is 2.91. The van der Waals surface area contributed by atoms with Gasteiger partial charge in [0.25, 0.3) is 0 Å². The Morgan fingerprint density at radius 3 is 2.73 bits per heavy atom. The summed E-state index contributed by atoms with van der Waals surface area (Å²) in [6, 6.07) is 4.14. The van der Waals surface area contributed by atoms with Crippen LogP contribution in [0.4, 0.5) is 8.78 Å². The molecule has 0 aliphatic carbocycles. The first kappa shape index (κ1) is 18.8. The molecule has 124 valence electrons. The van der Waals surface area contributed by atoms with E-state index in [1.54, 1.807) is 4.90 Å². The first-order valence-corrected chi connectivity index (χ1v) is 7.27. The highest BCUT2D eigenvalue weighted by atomic mass is 35.5. The summed E-state index contributed by atoms with van der Waals surface area (Å²) in [5, 5.41) is 0. The Hall–Kier alpha value is -1.20. The van der Waals surface area contributed by atoms with E-state index in [1.807, 2.05) is 13.8 Å². The number of nitrogens with two attached hydrogens (primary N) is 1. The van der Waals surface area contributed by atoms with Gasteiger partial charge in [-0.2, -0.15) is 0 Å². The fourth-order valence-electron chi connectivity index (χ4n) is 2.73. The van der Waals surface area contributed by atoms with E-state index in [2.05, 4.69) is 0 Å². The van der Waals surface area contributed by atoms with Crippen LogP contribution in [0, 0.1) is 17.0 Å². The smallest absolute Gasteiger partial charge is 0.222 e. The summed E-state index contributed by atoms with van der Waals surface area (Å²) in [5.41, 5.74) is 6.18. The van der Waals surface area contributed by atoms with Crippen molar-refractivity contribution in [3.05, 3.63) is 35.4 Å². The van der Waals surface area contributed by atoms with Crippen LogP contribution < -0.4 is 5.73 Å². The number of halogens is 3. The quantitative estimate of drug-likeness (QED) is 0.925. The molecule has 0 saturated carbocycles. The van der Waals surface area contributed by atoms with Crippen LogP contribution in [0.15, 0.2) is 18.2 Å². The largest absolute Gasteiger partial charge is 0.342 e. The molecular formula is C16H23ClF2N2O. The molecule has 0 radical (unpaired) electrons. The Labute approximate surface area is 136 Å². The highest BCUT2D eigenvalue weighted by Gasteiger charge is 2.35. The maximum atomic E-state index is 13.6. The Morgan fingerprint density at radius 1 is 1.41 bits per heavy atom. The van der Waals surface area contributed by atoms with Crippen LogP contribution >= 0.6 is 12.4 Å². The minimum Gasteiger partial charge on any atom is -0.342 e. The molecule has 0 spiro atoms. The van der Waals surface area contributed by atoms with Gasteiger partial charge in [0.05, 0.1) is 0 Å². The van der Waals surface area contributed by atoms with Crippen LogP contribution in [0.1, 0.15) is 32.3 Å². The number of aryl methyl sites for hydroxylation is 1. The average Bonchev–Trinajstić information content (AvgIpc) is 2.43. The van der Waals surface area contributed by atoms with Crippen LogP contribution in [-0.2, 0) is 11.2 Å². The van der Waals surface area contributed by atoms with Crippen LogP contribution in [0.5, 0.6) is 0 Å². The lowest BCUT2D eigenvalue weighted by Gasteiger charge is -2.42. The third kappa shape index (κ3) is 4.17. The number of likely N-dealkylation sites (tertiary alicyclic amines) is 1. The molecule has 22 heavy (non-hydrogen) atoms. The van der Waals surface area contributed by atoms with E-state index in [1.165, 1.54) is 12.1 Å². The lowest BCUT2D eigenvalue weighted by molar-refractivity contribution is -0.134. The van der Waals surface area contributed by atoms with E-state index in [0.717, 1.165) is 12.5 Å². The van der Waals surface area contributed by atoms with Gasteiger partial charge in [-0.25, -0.2) is 8.78 Å². The van der Waals surface area contributed by atoms with Crippen LogP contribution in [0.25, 0.3) is 0 Å². The molecule has 3 nitrogen and oxygen atoms in total. The molecule has 0 aromatic heterocycles. The Balaban J connectivity index is 0.00000242. The molecule has 1 saturated heterocycles. The van der Waals surface area contributed by atoms with E-state index in [0.29, 0.717) is 13.1 Å². The van der Waals surface area contributed by atoms with Crippen LogP contribution in [0.3, 0.4) is 0 Å². The van der Waals surface area contributed by atoms with Crippen molar-refractivity contribution in [2.24, 2.45) is 11.1 Å². The maximum absolute atomic E-state index is 13.6. The molecule has 1 aromatic carbocycles. The van der Waals surface area contributed by atoms with Gasteiger partial charge >= 0.3 is 0 Å². The number of carbonyl (C=O) groups excluding carboxylic acids is 1. The van der Waals surface area contributed by atoms with Crippen molar-refractivity contribution in [2.45, 2.75) is 39.2 Å². The third-order valence-corrected chi connectivity index (χ3v) is 4.30. The van der Waals surface area contributed by atoms with E-state index < -0.39 is 11.6 Å². The van der Waals surface area contributed by atoms with Gasteiger partial charge in [-0.1, -0.05) is 26.0 Å². The van der Waals surface area contributed by atoms with Crippen molar-refractivity contribution in [3.63, 3.8) is 0 Å². The molecule has 0 bridgehead atoms. The van der Waals surface area contributed by atoms with Gasteiger partial charge in [0.1, 0.15) is 0 Å². The minimum absolute atomic E-state index is 0. The summed E-state index contributed by atoms with van der Waals surface area (Å²) in [6.07, 6.45) is 1.17. The van der Waals surface area contributed by atoms with Gasteiger partial charge in [-0.15, -0.1) is 12.4 Å². The van der Waals surface area contributed by atoms with Crippen molar-refractivity contribution in [2.75, 3.05) is 13.1 Å². The molecular weight excluding hydrogens is 310 g/mol. The molecule has 1 fully saturated rings. The average molecular weight is 333 g/mol. The van der Waals surface area contributed by atoms with E-state index in [4.69, 9.17) is 5.73 Å². The summed E-state index contributed by atoms with van der Waals surface area (Å²) in [4.78, 5) is 14.0. The summed E-state index contributed by atoms with van der Waals surface area (Å²) in [5.74, 6) is -1.75. The fraction of sp³-hybridized carbons (Fsp3) is 0.562. The van der Waals surface area contributed by atoms with Gasteiger partial charge in [0.2, 0.25) is 5.91 Å². The maximum Gasteiger partial charge on any atom is 0.222 e. The molecule has 1 aromatic rings. The SMILES string of the molecule is CC1(C)CN(C(=O)CCc2cccc(F)c2F)CCC1N.Cl. The number of hydrogen-bond acceptors (Lipinski definition) is 2. The van der Waals surface area contributed by atoms with Crippen molar-refractivity contribution in [1.29, 1.82) is 0 Å². The zero-order valence-corrected chi connectivity index (χ0v) is 13.8. The predicted molar refractivity (Wildman–Crippen MR) is 84.9 cm³/mol. The van der Waals surface area contributed by atoms with Crippen molar-refractivity contribution >= 4 is 18.3 Å². The first-order valence-electron chi connectivity index (χ1n) is 7.27. The topological polar surface area (TPSA) is 46.3 Å². The van der Waals surface area contributed by atoms with Gasteiger partial charge in [0.15, 0.2) is 11.6 Å². The number of piperidine rings is 1. The van der Waals surface area contributed by atoms with Crippen molar-refractivity contribution in [1.82, 2.24) is 4.90 Å². The van der Waals surface area contributed by atoms with E-state index in [-0.39, 0.29) is 48.2 Å². The standard InChI is InChI=1S/C16H22F2N2O.ClH/c1-16(2)10-20(9-8-13(16)19)14(21)7-6-11-4-3-5-12(17)15(11)18;/h3-5,13H,6-10,19H2,1-2H3;1H. The zero-order chi connectivity index (χ0) is 15.6. The highest BCUT2D eigenvalue weighted by molar-refractivity contribution is 5.85. The van der Waals surface area contributed by atoms with Gasteiger partial charge in [0, 0.05) is 25.6 Å². The third-order valence-electron chi connectivity index (χ3n) is 4.30. The van der Waals surface area contributed by atoms with Crippen molar-refractivity contribution < 1.29 is 13.6 Å². The number of rotatable bonds is 3. The normalized spacial score (nSPS) is 20.4. The Bertz CT molecular complexity index is 537. The number of benzene rings is 1. The summed E-state index contributed by atoms with van der Waals surface area (Å²) >= 11 is 0. The number of hydrogen-bond donors (Lipinski definition) is 1. The van der Waals surface area contributed by atoms with E-state index >= 15 is 0 Å². The highest BCUT2D eigenvalue weighted by Crippen LogP contribution is 2.28.